The van der Waals surface area contributed by atoms with Gasteiger partial charge in [0, 0.05) is 4.47 Å². The number of rotatable bonds is 1. The number of hydrogen-bond donors (Lipinski definition) is 0. The Kier molecular flexibility index (Phi) is 2.46. The molecule has 0 amide bonds. The zero-order valence-electron chi connectivity index (χ0n) is 7.00. The predicted molar refractivity (Wildman–Crippen MR) is 58.4 cm³/mol. The largest absolute Gasteiger partial charge is 0.0622 e. The van der Waals surface area contributed by atoms with E-state index in [2.05, 4.69) is 40.2 Å². The van der Waals surface area contributed by atoms with Crippen LogP contribution in [0.1, 0.15) is 0 Å². The van der Waals surface area contributed by atoms with Gasteiger partial charge < -0.3 is 0 Å². The van der Waals surface area contributed by atoms with Crippen molar-refractivity contribution in [2.45, 2.75) is 0 Å². The van der Waals surface area contributed by atoms with Crippen molar-refractivity contribution in [3.05, 3.63) is 59.1 Å². The lowest BCUT2D eigenvalue weighted by molar-refractivity contribution is 1.57. The first-order valence-electron chi connectivity index (χ1n) is 4.09. The molecular formula is C12H8Br. The summed E-state index contributed by atoms with van der Waals surface area (Å²) >= 11 is 3.48. The highest BCUT2D eigenvalue weighted by atomic mass is 79.9. The van der Waals surface area contributed by atoms with Crippen molar-refractivity contribution in [3.63, 3.8) is 0 Å². The van der Waals surface area contributed by atoms with Gasteiger partial charge in [-0.05, 0) is 33.1 Å². The first-order valence-corrected chi connectivity index (χ1v) is 4.89. The van der Waals surface area contributed by atoms with Gasteiger partial charge in [-0.2, -0.15) is 0 Å². The van der Waals surface area contributed by atoms with E-state index >= 15 is 0 Å². The SMILES string of the molecule is Brc1[c]cccc1-c1ccccc1. The normalized spacial score (nSPS) is 9.92. The Morgan fingerprint density at radius 2 is 1.69 bits per heavy atom. The van der Waals surface area contributed by atoms with Gasteiger partial charge in [0.2, 0.25) is 0 Å². The maximum atomic E-state index is 3.48. The Morgan fingerprint density at radius 3 is 2.38 bits per heavy atom. The lowest BCUT2D eigenvalue weighted by Crippen LogP contribution is -1.77. The summed E-state index contributed by atoms with van der Waals surface area (Å²) in [5.41, 5.74) is 2.40. The molecular weight excluding hydrogens is 224 g/mol. The molecule has 2 aromatic carbocycles. The minimum Gasteiger partial charge on any atom is -0.0622 e. The smallest absolute Gasteiger partial charge is 0.0332 e. The van der Waals surface area contributed by atoms with Crippen LogP contribution in [0.4, 0.5) is 0 Å². The van der Waals surface area contributed by atoms with Crippen LogP contribution in [0.15, 0.2) is 53.0 Å². The molecule has 2 rings (SSSR count). The first kappa shape index (κ1) is 8.52. The Hall–Kier alpha value is -1.08. The van der Waals surface area contributed by atoms with Crippen LogP contribution in [-0.2, 0) is 0 Å². The monoisotopic (exact) mass is 231 g/mol. The molecule has 0 nitrogen and oxygen atoms in total. The van der Waals surface area contributed by atoms with Crippen molar-refractivity contribution in [1.82, 2.24) is 0 Å². The van der Waals surface area contributed by atoms with Crippen LogP contribution in [0.3, 0.4) is 0 Å². The van der Waals surface area contributed by atoms with E-state index in [9.17, 15) is 0 Å². The summed E-state index contributed by atoms with van der Waals surface area (Å²) in [5, 5.41) is 0. The van der Waals surface area contributed by atoms with Gasteiger partial charge in [0.15, 0.2) is 0 Å². The molecule has 63 valence electrons. The molecule has 1 heteroatoms. The van der Waals surface area contributed by atoms with E-state index in [1.54, 1.807) is 0 Å². The van der Waals surface area contributed by atoms with E-state index in [1.807, 2.05) is 30.3 Å². The van der Waals surface area contributed by atoms with Crippen molar-refractivity contribution in [2.75, 3.05) is 0 Å². The van der Waals surface area contributed by atoms with Gasteiger partial charge in [0.1, 0.15) is 0 Å². The van der Waals surface area contributed by atoms with Crippen molar-refractivity contribution in [2.24, 2.45) is 0 Å². The highest BCUT2D eigenvalue weighted by Gasteiger charge is 1.99. The fourth-order valence-corrected chi connectivity index (χ4v) is 1.75. The first-order chi connectivity index (χ1) is 6.38. The summed E-state index contributed by atoms with van der Waals surface area (Å²) in [7, 11) is 0. The maximum Gasteiger partial charge on any atom is 0.0332 e. The summed E-state index contributed by atoms with van der Waals surface area (Å²) in [6, 6.07) is 19.4. The molecule has 0 saturated carbocycles. The average Bonchev–Trinajstić information content (AvgIpc) is 2.20. The standard InChI is InChI=1S/C12H8Br/c13-12-9-5-4-8-11(12)10-6-2-1-3-7-10/h1-8H. The molecule has 0 heterocycles. The van der Waals surface area contributed by atoms with Gasteiger partial charge in [-0.1, -0.05) is 48.5 Å². The van der Waals surface area contributed by atoms with E-state index in [0.717, 1.165) is 4.47 Å². The summed E-state index contributed by atoms with van der Waals surface area (Å²) in [6.45, 7) is 0. The average molecular weight is 232 g/mol. The van der Waals surface area contributed by atoms with E-state index in [4.69, 9.17) is 0 Å². The van der Waals surface area contributed by atoms with E-state index in [0.29, 0.717) is 0 Å². The lowest BCUT2D eigenvalue weighted by atomic mass is 10.1. The minimum absolute atomic E-state index is 1.02. The van der Waals surface area contributed by atoms with Crippen LogP contribution in [0.2, 0.25) is 0 Å². The van der Waals surface area contributed by atoms with Crippen molar-refractivity contribution >= 4 is 15.9 Å². The summed E-state index contributed by atoms with van der Waals surface area (Å²) < 4.78 is 1.02. The fraction of sp³-hybridized carbons (Fsp3) is 0. The Morgan fingerprint density at radius 1 is 0.923 bits per heavy atom. The molecule has 0 spiro atoms. The third kappa shape index (κ3) is 1.81. The van der Waals surface area contributed by atoms with Gasteiger partial charge >= 0.3 is 0 Å². The maximum absolute atomic E-state index is 3.48. The van der Waals surface area contributed by atoms with Crippen molar-refractivity contribution < 1.29 is 0 Å². The second kappa shape index (κ2) is 3.75. The second-order valence-electron chi connectivity index (χ2n) is 2.76. The Labute approximate surface area is 86.4 Å². The molecule has 0 N–H and O–H groups in total. The number of hydrogen-bond acceptors (Lipinski definition) is 0. The highest BCUT2D eigenvalue weighted by Crippen LogP contribution is 2.26. The second-order valence-corrected chi connectivity index (χ2v) is 3.56. The van der Waals surface area contributed by atoms with Gasteiger partial charge in [0.25, 0.3) is 0 Å². The molecule has 0 atom stereocenters. The molecule has 0 aliphatic carbocycles. The lowest BCUT2D eigenvalue weighted by Gasteiger charge is -2.02. The van der Waals surface area contributed by atoms with Crippen LogP contribution in [-0.4, -0.2) is 0 Å². The van der Waals surface area contributed by atoms with E-state index in [-0.39, 0.29) is 0 Å². The van der Waals surface area contributed by atoms with Crippen molar-refractivity contribution in [3.8, 4) is 11.1 Å². The zero-order chi connectivity index (χ0) is 9.10. The van der Waals surface area contributed by atoms with Gasteiger partial charge in [-0.15, -0.1) is 0 Å². The Balaban J connectivity index is 2.54. The zero-order valence-corrected chi connectivity index (χ0v) is 8.58. The quantitative estimate of drug-likeness (QED) is 0.699. The molecule has 1 radical (unpaired) electrons. The third-order valence-electron chi connectivity index (χ3n) is 1.89. The van der Waals surface area contributed by atoms with E-state index in [1.165, 1.54) is 11.1 Å². The molecule has 0 aliphatic rings. The minimum atomic E-state index is 1.02. The van der Waals surface area contributed by atoms with Gasteiger partial charge in [-0.25, -0.2) is 0 Å². The van der Waals surface area contributed by atoms with Gasteiger partial charge in [0.05, 0.1) is 0 Å². The molecule has 0 unspecified atom stereocenters. The molecule has 13 heavy (non-hydrogen) atoms. The molecule has 2 aromatic rings. The van der Waals surface area contributed by atoms with E-state index < -0.39 is 0 Å². The molecule has 0 saturated heterocycles. The van der Waals surface area contributed by atoms with Crippen LogP contribution < -0.4 is 0 Å². The van der Waals surface area contributed by atoms with Gasteiger partial charge in [-0.3, -0.25) is 0 Å². The number of halogens is 1. The van der Waals surface area contributed by atoms with Crippen LogP contribution in [0.5, 0.6) is 0 Å². The predicted octanol–water partition coefficient (Wildman–Crippen LogP) is 3.92. The molecule has 0 fully saturated rings. The van der Waals surface area contributed by atoms with Crippen LogP contribution >= 0.6 is 15.9 Å². The van der Waals surface area contributed by atoms with Crippen LogP contribution in [0.25, 0.3) is 11.1 Å². The fourth-order valence-electron chi connectivity index (χ4n) is 1.26. The number of benzene rings is 2. The highest BCUT2D eigenvalue weighted by molar-refractivity contribution is 9.10. The van der Waals surface area contributed by atoms with Crippen LogP contribution in [0, 0.1) is 6.07 Å². The Bertz CT molecular complexity index is 393. The van der Waals surface area contributed by atoms with Crippen molar-refractivity contribution in [1.29, 1.82) is 0 Å². The summed E-state index contributed by atoms with van der Waals surface area (Å²) in [5.74, 6) is 0. The third-order valence-corrected chi connectivity index (χ3v) is 2.55. The molecule has 0 bridgehead atoms. The molecule has 0 aromatic heterocycles. The summed E-state index contributed by atoms with van der Waals surface area (Å²) in [6.07, 6.45) is 0. The molecule has 0 aliphatic heterocycles. The topological polar surface area (TPSA) is 0 Å². The summed E-state index contributed by atoms with van der Waals surface area (Å²) in [4.78, 5) is 0.